The number of rotatable bonds is 3. The molecular formula is C16H25NO3. The molecule has 1 saturated heterocycles. The Balaban J connectivity index is 1.63. The van der Waals surface area contributed by atoms with Gasteiger partial charge in [0.05, 0.1) is 0 Å². The van der Waals surface area contributed by atoms with Gasteiger partial charge in [0, 0.05) is 13.0 Å². The minimum atomic E-state index is -0.826. The molecule has 1 heterocycles. The van der Waals surface area contributed by atoms with Crippen LogP contribution in [-0.2, 0) is 9.59 Å². The average molecular weight is 279 g/mol. The van der Waals surface area contributed by atoms with Gasteiger partial charge in [0.2, 0.25) is 5.91 Å². The van der Waals surface area contributed by atoms with Crippen LogP contribution in [-0.4, -0.2) is 34.5 Å². The monoisotopic (exact) mass is 279 g/mol. The summed E-state index contributed by atoms with van der Waals surface area (Å²) in [5.74, 6) is 1.38. The molecule has 0 spiro atoms. The van der Waals surface area contributed by atoms with Crippen molar-refractivity contribution in [2.24, 2.45) is 17.8 Å². The van der Waals surface area contributed by atoms with Gasteiger partial charge < -0.3 is 10.0 Å². The van der Waals surface area contributed by atoms with Gasteiger partial charge in [0.15, 0.2) is 0 Å². The molecule has 2 aliphatic carbocycles. The fourth-order valence-corrected chi connectivity index (χ4v) is 4.63. The molecule has 4 unspecified atom stereocenters. The third-order valence-electron chi connectivity index (χ3n) is 5.68. The number of amides is 1. The van der Waals surface area contributed by atoms with Gasteiger partial charge in [0.1, 0.15) is 6.04 Å². The molecule has 1 amide bonds. The van der Waals surface area contributed by atoms with Crippen molar-refractivity contribution in [3.8, 4) is 0 Å². The molecular weight excluding hydrogens is 254 g/mol. The third-order valence-corrected chi connectivity index (χ3v) is 5.68. The van der Waals surface area contributed by atoms with Gasteiger partial charge in [-0.15, -0.1) is 0 Å². The number of hydrogen-bond acceptors (Lipinski definition) is 2. The van der Waals surface area contributed by atoms with Gasteiger partial charge in [0.25, 0.3) is 0 Å². The van der Waals surface area contributed by atoms with Crippen LogP contribution < -0.4 is 0 Å². The zero-order valence-corrected chi connectivity index (χ0v) is 12.1. The van der Waals surface area contributed by atoms with E-state index in [-0.39, 0.29) is 5.91 Å². The van der Waals surface area contributed by atoms with Crippen molar-refractivity contribution in [3.05, 3.63) is 0 Å². The maximum absolute atomic E-state index is 12.6. The lowest BCUT2D eigenvalue weighted by Crippen LogP contribution is -2.45. The van der Waals surface area contributed by atoms with Crippen LogP contribution in [0.2, 0.25) is 0 Å². The number of carboxylic acid groups (broad SMARTS) is 1. The number of likely N-dealkylation sites (tertiary alicyclic amines) is 1. The van der Waals surface area contributed by atoms with Gasteiger partial charge in [-0.25, -0.2) is 4.79 Å². The first-order valence-electron chi connectivity index (χ1n) is 8.17. The van der Waals surface area contributed by atoms with E-state index in [2.05, 4.69) is 0 Å². The smallest absolute Gasteiger partial charge is 0.326 e. The molecule has 2 bridgehead atoms. The fourth-order valence-electron chi connectivity index (χ4n) is 4.63. The highest BCUT2D eigenvalue weighted by molar-refractivity contribution is 5.83. The average Bonchev–Trinajstić information content (AvgIpc) is 2.92. The third kappa shape index (κ3) is 2.70. The minimum Gasteiger partial charge on any atom is -0.480 e. The quantitative estimate of drug-likeness (QED) is 0.864. The number of carboxylic acids is 1. The number of nitrogens with zero attached hydrogens (tertiary/aromatic N) is 1. The van der Waals surface area contributed by atoms with Gasteiger partial charge in [-0.05, 0) is 49.9 Å². The lowest BCUT2D eigenvalue weighted by molar-refractivity contribution is -0.150. The predicted molar refractivity (Wildman–Crippen MR) is 75.2 cm³/mol. The van der Waals surface area contributed by atoms with E-state index in [1.54, 1.807) is 4.90 Å². The van der Waals surface area contributed by atoms with Crippen LogP contribution in [0.3, 0.4) is 0 Å². The topological polar surface area (TPSA) is 57.6 Å². The molecule has 3 aliphatic rings. The van der Waals surface area contributed by atoms with Crippen molar-refractivity contribution in [2.75, 3.05) is 6.54 Å². The lowest BCUT2D eigenvalue weighted by atomic mass is 9.86. The molecule has 4 atom stereocenters. The van der Waals surface area contributed by atoms with E-state index < -0.39 is 12.0 Å². The minimum absolute atomic E-state index is 0.0943. The fraction of sp³-hybridized carbons (Fsp3) is 0.875. The summed E-state index contributed by atoms with van der Waals surface area (Å²) in [5, 5.41) is 9.35. The van der Waals surface area contributed by atoms with Crippen LogP contribution in [0.1, 0.15) is 57.8 Å². The first kappa shape index (κ1) is 13.9. The standard InChI is InChI=1S/C16H25NO3/c18-15(10-13-9-11-5-6-12(13)8-11)17-7-3-1-2-4-14(17)16(19)20/h11-14H,1-10H2,(H,19,20). The summed E-state index contributed by atoms with van der Waals surface area (Å²) in [6, 6.07) is -0.580. The number of carbonyl (C=O) groups is 2. The second-order valence-electron chi connectivity index (χ2n) is 6.93. The molecule has 0 aromatic rings. The van der Waals surface area contributed by atoms with Crippen LogP contribution in [0.4, 0.5) is 0 Å². The first-order chi connectivity index (χ1) is 9.65. The highest BCUT2D eigenvalue weighted by Crippen LogP contribution is 2.49. The van der Waals surface area contributed by atoms with E-state index in [0.717, 1.165) is 31.1 Å². The SMILES string of the molecule is O=C(O)C1CCCCCN1C(=O)CC1CC2CCC1C2. The molecule has 2 saturated carbocycles. The molecule has 20 heavy (non-hydrogen) atoms. The summed E-state index contributed by atoms with van der Waals surface area (Å²) >= 11 is 0. The maximum atomic E-state index is 12.6. The largest absolute Gasteiger partial charge is 0.480 e. The van der Waals surface area contributed by atoms with Crippen molar-refractivity contribution in [1.82, 2.24) is 4.90 Å². The number of carbonyl (C=O) groups excluding carboxylic acids is 1. The van der Waals surface area contributed by atoms with Crippen molar-refractivity contribution in [2.45, 2.75) is 63.8 Å². The zero-order valence-electron chi connectivity index (χ0n) is 12.1. The molecule has 0 aromatic carbocycles. The molecule has 112 valence electrons. The van der Waals surface area contributed by atoms with E-state index in [9.17, 15) is 14.7 Å². The summed E-state index contributed by atoms with van der Waals surface area (Å²) in [6.45, 7) is 0.636. The van der Waals surface area contributed by atoms with Crippen molar-refractivity contribution >= 4 is 11.9 Å². The molecule has 3 rings (SSSR count). The normalized spacial score (nSPS) is 36.9. The summed E-state index contributed by atoms with van der Waals surface area (Å²) in [7, 11) is 0. The molecule has 3 fully saturated rings. The summed E-state index contributed by atoms with van der Waals surface area (Å²) in [4.78, 5) is 25.6. The van der Waals surface area contributed by atoms with E-state index >= 15 is 0 Å². The zero-order chi connectivity index (χ0) is 14.1. The van der Waals surface area contributed by atoms with Crippen molar-refractivity contribution < 1.29 is 14.7 Å². The van der Waals surface area contributed by atoms with Gasteiger partial charge in [-0.3, -0.25) is 4.79 Å². The van der Waals surface area contributed by atoms with E-state index in [1.807, 2.05) is 0 Å². The second kappa shape index (κ2) is 5.74. The highest BCUT2D eigenvalue weighted by Gasteiger charge is 2.41. The Morgan fingerprint density at radius 1 is 1.05 bits per heavy atom. The molecule has 4 heteroatoms. The number of fused-ring (bicyclic) bond motifs is 2. The Labute approximate surface area is 120 Å². The van der Waals surface area contributed by atoms with Crippen LogP contribution in [0.15, 0.2) is 0 Å². The Morgan fingerprint density at radius 3 is 2.55 bits per heavy atom. The van der Waals surface area contributed by atoms with Crippen LogP contribution >= 0.6 is 0 Å². The van der Waals surface area contributed by atoms with Crippen molar-refractivity contribution in [3.63, 3.8) is 0 Å². The van der Waals surface area contributed by atoms with E-state index in [1.165, 1.54) is 25.7 Å². The molecule has 1 aliphatic heterocycles. The Kier molecular flexibility index (Phi) is 3.99. The summed E-state index contributed by atoms with van der Waals surface area (Å²) in [5.41, 5.74) is 0. The van der Waals surface area contributed by atoms with Crippen LogP contribution in [0, 0.1) is 17.8 Å². The highest BCUT2D eigenvalue weighted by atomic mass is 16.4. The maximum Gasteiger partial charge on any atom is 0.326 e. The first-order valence-corrected chi connectivity index (χ1v) is 8.17. The summed E-state index contributed by atoms with van der Waals surface area (Å²) < 4.78 is 0. The van der Waals surface area contributed by atoms with Crippen LogP contribution in [0.25, 0.3) is 0 Å². The lowest BCUT2D eigenvalue weighted by Gasteiger charge is -2.30. The predicted octanol–water partition coefficient (Wildman–Crippen LogP) is 2.67. The van der Waals surface area contributed by atoms with E-state index in [0.29, 0.717) is 25.3 Å². The number of aliphatic carboxylic acids is 1. The second-order valence-corrected chi connectivity index (χ2v) is 6.93. The molecule has 0 radical (unpaired) electrons. The van der Waals surface area contributed by atoms with Crippen LogP contribution in [0.5, 0.6) is 0 Å². The number of hydrogen-bond donors (Lipinski definition) is 1. The molecule has 0 aromatic heterocycles. The van der Waals surface area contributed by atoms with Crippen molar-refractivity contribution in [1.29, 1.82) is 0 Å². The molecule has 4 nitrogen and oxygen atoms in total. The van der Waals surface area contributed by atoms with E-state index in [4.69, 9.17) is 0 Å². The molecule has 1 N–H and O–H groups in total. The van der Waals surface area contributed by atoms with Gasteiger partial charge in [-0.1, -0.05) is 19.3 Å². The van der Waals surface area contributed by atoms with Gasteiger partial charge in [-0.2, -0.15) is 0 Å². The Hall–Kier alpha value is -1.06. The summed E-state index contributed by atoms with van der Waals surface area (Å²) in [6.07, 6.45) is 9.26. The van der Waals surface area contributed by atoms with Gasteiger partial charge >= 0.3 is 5.97 Å². The Morgan fingerprint density at radius 2 is 1.90 bits per heavy atom. The Bertz CT molecular complexity index is 395.